The van der Waals surface area contributed by atoms with Crippen LogP contribution in [-0.2, 0) is 9.84 Å². The normalized spacial score (nSPS) is 21.8. The van der Waals surface area contributed by atoms with Gasteiger partial charge in [-0.15, -0.1) is 0 Å². The summed E-state index contributed by atoms with van der Waals surface area (Å²) in [6.45, 7) is 1.05. The number of hydrogen-bond acceptors (Lipinski definition) is 3. The molecule has 15 heavy (non-hydrogen) atoms. The lowest BCUT2D eigenvalue weighted by atomic mass is 10.1. The molecule has 0 amide bonds. The first kappa shape index (κ1) is 10.6. The fourth-order valence-corrected chi connectivity index (χ4v) is 2.55. The molecule has 1 aromatic carbocycles. The van der Waals surface area contributed by atoms with Crippen LogP contribution in [0.1, 0.15) is 24.4 Å². The average Bonchev–Trinajstić information content (AvgIpc) is 2.69. The van der Waals surface area contributed by atoms with Crippen LogP contribution in [0, 0.1) is 0 Å². The molecule has 0 bridgehead atoms. The van der Waals surface area contributed by atoms with E-state index >= 15 is 0 Å². The van der Waals surface area contributed by atoms with Gasteiger partial charge in [0.25, 0.3) is 0 Å². The minimum Gasteiger partial charge on any atom is -0.310 e. The lowest BCUT2D eigenvalue weighted by Crippen LogP contribution is -2.12. The first-order chi connectivity index (χ1) is 7.07. The van der Waals surface area contributed by atoms with Crippen LogP contribution in [0.5, 0.6) is 0 Å². The molecule has 1 atom stereocenters. The molecule has 0 aromatic heterocycles. The van der Waals surface area contributed by atoms with Gasteiger partial charge in [-0.1, -0.05) is 12.1 Å². The molecule has 0 saturated carbocycles. The van der Waals surface area contributed by atoms with Gasteiger partial charge in [0.05, 0.1) is 4.90 Å². The molecule has 1 aliphatic rings. The van der Waals surface area contributed by atoms with Gasteiger partial charge in [0, 0.05) is 12.3 Å². The molecule has 1 heterocycles. The third-order valence-corrected chi connectivity index (χ3v) is 3.90. The zero-order chi connectivity index (χ0) is 10.9. The van der Waals surface area contributed by atoms with E-state index in [4.69, 9.17) is 0 Å². The molecule has 1 saturated heterocycles. The Hall–Kier alpha value is -0.870. The number of hydrogen-bond donors (Lipinski definition) is 1. The van der Waals surface area contributed by atoms with Crippen molar-refractivity contribution in [2.75, 3.05) is 12.8 Å². The van der Waals surface area contributed by atoms with Gasteiger partial charge in [0.1, 0.15) is 0 Å². The van der Waals surface area contributed by atoms with Crippen molar-refractivity contribution in [3.05, 3.63) is 29.8 Å². The molecule has 2 rings (SSSR count). The van der Waals surface area contributed by atoms with Crippen LogP contribution in [0.15, 0.2) is 29.2 Å². The maximum atomic E-state index is 11.2. The predicted molar refractivity (Wildman–Crippen MR) is 59.5 cm³/mol. The quantitative estimate of drug-likeness (QED) is 0.830. The number of rotatable bonds is 2. The van der Waals surface area contributed by atoms with E-state index in [1.807, 2.05) is 12.1 Å². The van der Waals surface area contributed by atoms with Gasteiger partial charge < -0.3 is 5.32 Å². The van der Waals surface area contributed by atoms with E-state index in [1.165, 1.54) is 18.2 Å². The molecule has 3 nitrogen and oxygen atoms in total. The molecular formula is C11H15NO2S. The number of benzene rings is 1. The molecule has 0 radical (unpaired) electrons. The van der Waals surface area contributed by atoms with Crippen LogP contribution in [0.25, 0.3) is 0 Å². The first-order valence-corrected chi connectivity index (χ1v) is 7.00. The highest BCUT2D eigenvalue weighted by molar-refractivity contribution is 7.90. The second kappa shape index (κ2) is 3.94. The van der Waals surface area contributed by atoms with Gasteiger partial charge in [-0.3, -0.25) is 0 Å². The molecule has 1 aliphatic heterocycles. The fraction of sp³-hybridized carbons (Fsp3) is 0.455. The minimum atomic E-state index is -3.06. The van der Waals surface area contributed by atoms with Crippen LogP contribution in [-0.4, -0.2) is 21.2 Å². The Morgan fingerprint density at radius 3 is 2.40 bits per heavy atom. The SMILES string of the molecule is CS(=O)(=O)c1ccc([C@@H]2CCCN2)cc1. The largest absolute Gasteiger partial charge is 0.310 e. The van der Waals surface area contributed by atoms with Crippen molar-refractivity contribution in [2.24, 2.45) is 0 Å². The van der Waals surface area contributed by atoms with Crippen LogP contribution >= 0.6 is 0 Å². The summed E-state index contributed by atoms with van der Waals surface area (Å²) in [5.74, 6) is 0. The topological polar surface area (TPSA) is 46.2 Å². The Morgan fingerprint density at radius 2 is 1.93 bits per heavy atom. The van der Waals surface area contributed by atoms with Gasteiger partial charge in [-0.05, 0) is 37.1 Å². The third kappa shape index (κ3) is 2.38. The van der Waals surface area contributed by atoms with Crippen molar-refractivity contribution in [2.45, 2.75) is 23.8 Å². The zero-order valence-corrected chi connectivity index (χ0v) is 9.55. The van der Waals surface area contributed by atoms with Crippen molar-refractivity contribution in [1.29, 1.82) is 0 Å². The van der Waals surface area contributed by atoms with Crippen LogP contribution in [0.4, 0.5) is 0 Å². The smallest absolute Gasteiger partial charge is 0.175 e. The molecule has 1 aromatic rings. The van der Waals surface area contributed by atoms with Crippen LogP contribution in [0.3, 0.4) is 0 Å². The first-order valence-electron chi connectivity index (χ1n) is 5.11. The van der Waals surface area contributed by atoms with Crippen molar-refractivity contribution < 1.29 is 8.42 Å². The Bertz CT molecular complexity index is 430. The highest BCUT2D eigenvalue weighted by atomic mass is 32.2. The van der Waals surface area contributed by atoms with Crippen molar-refractivity contribution in [3.63, 3.8) is 0 Å². The summed E-state index contributed by atoms with van der Waals surface area (Å²) in [4.78, 5) is 0.393. The van der Waals surface area contributed by atoms with Crippen LogP contribution < -0.4 is 5.32 Å². The van der Waals surface area contributed by atoms with Crippen molar-refractivity contribution in [1.82, 2.24) is 5.32 Å². The Balaban J connectivity index is 2.24. The van der Waals surface area contributed by atoms with Gasteiger partial charge in [-0.2, -0.15) is 0 Å². The zero-order valence-electron chi connectivity index (χ0n) is 8.73. The third-order valence-electron chi connectivity index (χ3n) is 2.77. The van der Waals surface area contributed by atoms with Gasteiger partial charge in [-0.25, -0.2) is 8.42 Å². The highest BCUT2D eigenvalue weighted by Gasteiger charge is 2.16. The molecule has 4 heteroatoms. The summed E-state index contributed by atoms with van der Waals surface area (Å²) < 4.78 is 22.5. The summed E-state index contributed by atoms with van der Waals surface area (Å²) in [5, 5.41) is 3.38. The van der Waals surface area contributed by atoms with Crippen LogP contribution in [0.2, 0.25) is 0 Å². The molecular weight excluding hydrogens is 210 g/mol. The summed E-state index contributed by atoms with van der Waals surface area (Å²) in [7, 11) is -3.06. The van der Waals surface area contributed by atoms with Gasteiger partial charge in [0.2, 0.25) is 0 Å². The number of sulfone groups is 1. The van der Waals surface area contributed by atoms with E-state index in [0.29, 0.717) is 10.9 Å². The molecule has 0 spiro atoms. The summed E-state index contributed by atoms with van der Waals surface area (Å²) >= 11 is 0. The molecule has 82 valence electrons. The van der Waals surface area contributed by atoms with Gasteiger partial charge >= 0.3 is 0 Å². The van der Waals surface area contributed by atoms with E-state index in [1.54, 1.807) is 12.1 Å². The maximum Gasteiger partial charge on any atom is 0.175 e. The average molecular weight is 225 g/mol. The van der Waals surface area contributed by atoms with Crippen molar-refractivity contribution >= 4 is 9.84 Å². The maximum absolute atomic E-state index is 11.2. The predicted octanol–water partition coefficient (Wildman–Crippen LogP) is 1.51. The Kier molecular flexibility index (Phi) is 2.80. The highest BCUT2D eigenvalue weighted by Crippen LogP contribution is 2.23. The Labute approximate surface area is 90.4 Å². The molecule has 1 fully saturated rings. The van der Waals surface area contributed by atoms with E-state index in [-0.39, 0.29) is 0 Å². The monoisotopic (exact) mass is 225 g/mol. The van der Waals surface area contributed by atoms with Crippen molar-refractivity contribution in [3.8, 4) is 0 Å². The van der Waals surface area contributed by atoms with E-state index in [0.717, 1.165) is 13.0 Å². The summed E-state index contributed by atoms with van der Waals surface area (Å²) in [5.41, 5.74) is 1.18. The lowest BCUT2D eigenvalue weighted by molar-refractivity contribution is 0.601. The molecule has 0 aliphatic carbocycles. The van der Waals surface area contributed by atoms with E-state index < -0.39 is 9.84 Å². The standard InChI is InChI=1S/C11H15NO2S/c1-15(13,14)10-6-4-9(5-7-10)11-3-2-8-12-11/h4-7,11-12H,2-3,8H2,1H3/t11-/m0/s1. The summed E-state index contributed by atoms with van der Waals surface area (Å²) in [6.07, 6.45) is 3.56. The molecule has 0 unspecified atom stereocenters. The molecule has 1 N–H and O–H groups in total. The fourth-order valence-electron chi connectivity index (χ4n) is 1.92. The minimum absolute atomic E-state index is 0.393. The lowest BCUT2D eigenvalue weighted by Gasteiger charge is -2.10. The van der Waals surface area contributed by atoms with Gasteiger partial charge in [0.15, 0.2) is 9.84 Å². The number of nitrogens with one attached hydrogen (secondary N) is 1. The second-order valence-corrected chi connectivity index (χ2v) is 6.01. The second-order valence-electron chi connectivity index (χ2n) is 3.99. The summed E-state index contributed by atoms with van der Waals surface area (Å²) in [6, 6.07) is 7.58. The van der Waals surface area contributed by atoms with E-state index in [9.17, 15) is 8.42 Å². The Morgan fingerprint density at radius 1 is 1.27 bits per heavy atom. The van der Waals surface area contributed by atoms with E-state index in [2.05, 4.69) is 5.32 Å².